The Hall–Kier alpha value is -10.1. The Kier molecular flexibility index (Phi) is 27.3. The van der Waals surface area contributed by atoms with E-state index in [0.29, 0.717) is 90.5 Å². The van der Waals surface area contributed by atoms with Gasteiger partial charge in [-0.3, -0.25) is 57.5 Å². The lowest BCUT2D eigenvalue weighted by Crippen LogP contribution is -2.66. The first kappa shape index (κ1) is 78.0. The van der Waals surface area contributed by atoms with Crippen LogP contribution in [0.3, 0.4) is 0 Å². The average molecular weight is 1440 g/mol. The molecule has 6 aliphatic rings. The molecule has 0 radical (unpaired) electrons. The molecule has 7 heterocycles. The first-order valence-electron chi connectivity index (χ1n) is 35.6. The van der Waals surface area contributed by atoms with Crippen LogP contribution in [0.25, 0.3) is 10.9 Å². The average Bonchev–Trinajstić information content (AvgIpc) is 1.62. The smallest absolute Gasteiger partial charge is 0.290 e. The van der Waals surface area contributed by atoms with Crippen molar-refractivity contribution in [1.29, 1.82) is 0 Å². The van der Waals surface area contributed by atoms with Crippen LogP contribution in [0, 0.1) is 11.7 Å². The zero-order chi connectivity index (χ0) is 74.8. The monoisotopic (exact) mass is 1440 g/mol. The van der Waals surface area contributed by atoms with Crippen LogP contribution in [0.15, 0.2) is 97.2 Å². The molecule has 10 atom stereocenters. The summed E-state index contributed by atoms with van der Waals surface area (Å²) in [6, 6.07) is 16.8. The molecule has 558 valence electrons. The second-order valence-corrected chi connectivity index (χ2v) is 27.6. The van der Waals surface area contributed by atoms with Crippen LogP contribution in [0.1, 0.15) is 118 Å². The Morgan fingerprint density at radius 1 is 0.712 bits per heavy atom. The van der Waals surface area contributed by atoms with Crippen LogP contribution in [0.5, 0.6) is 5.75 Å². The number of aromatic nitrogens is 1. The number of rotatable bonds is 5. The highest BCUT2D eigenvalue weighted by atomic mass is 19.1. The SMILES string of the molecule is COc1ccc(C[C@@H]2NC(=O)[C@H]([C@@H](C)O)NC(=O)[C@@H]3[C@@H]4CCN3C(=O)[C@H]3CC(=O)[C@H](Cc5cccc(c5)CNC(=O)CO4)NC(=O)[C@@H](C[NH3+])NC(=O)[C@H](C)NC(=O)CCC(=O)N(CCCCCCn4cc(c5cc(F)ccc54)C3)Cc3ccc(cc3)CCNC(=O)[C@]3(C)CCCN3C2=O)cc1.O=CO. The molecule has 28 nitrogen and oxygen atoms in total. The predicted molar refractivity (Wildman–Crippen MR) is 376 cm³/mol. The molecule has 6 aliphatic heterocycles. The summed E-state index contributed by atoms with van der Waals surface area (Å²) in [5, 5.41) is 38.4. The molecule has 12 bridgehead atoms. The maximum absolute atomic E-state index is 16.1. The Morgan fingerprint density at radius 3 is 2.14 bits per heavy atom. The Bertz CT molecular complexity index is 3950. The fraction of sp³-hybridized carbons (Fsp3) is 0.493. The van der Waals surface area contributed by atoms with Gasteiger partial charge in [0, 0.05) is 94.5 Å². The van der Waals surface area contributed by atoms with Gasteiger partial charge < -0.3 is 81.9 Å². The zero-order valence-corrected chi connectivity index (χ0v) is 59.3. The van der Waals surface area contributed by atoms with Gasteiger partial charge in [0.15, 0.2) is 11.8 Å². The lowest BCUT2D eigenvalue weighted by molar-refractivity contribution is -0.370. The van der Waals surface area contributed by atoms with Crippen molar-refractivity contribution in [1.82, 2.24) is 56.5 Å². The number of aliphatic hydroxyl groups is 1. The summed E-state index contributed by atoms with van der Waals surface area (Å²) in [7, 11) is 1.50. The molecule has 4 aromatic carbocycles. The quantitative estimate of drug-likeness (QED) is 0.111. The fourth-order valence-electron chi connectivity index (χ4n) is 14.3. The minimum absolute atomic E-state index is 0.0261. The second-order valence-electron chi connectivity index (χ2n) is 27.6. The number of carbonyl (C=O) groups is 12. The number of carbonyl (C=O) groups excluding carboxylic acids is 11. The first-order valence-corrected chi connectivity index (χ1v) is 35.6. The van der Waals surface area contributed by atoms with E-state index in [9.17, 15) is 33.9 Å². The third-order valence-corrected chi connectivity index (χ3v) is 20.1. The number of methoxy groups -OCH3 is 1. The molecule has 12 N–H and O–H groups in total. The summed E-state index contributed by atoms with van der Waals surface area (Å²) in [5.41, 5.74) is 7.03. The fourth-order valence-corrected chi connectivity index (χ4v) is 14.3. The van der Waals surface area contributed by atoms with Crippen LogP contribution < -0.4 is 47.7 Å². The predicted octanol–water partition coefficient (Wildman–Crippen LogP) is 1.21. The number of quaternary nitrogens is 1. The van der Waals surface area contributed by atoms with E-state index in [-0.39, 0.29) is 96.6 Å². The molecule has 1 aromatic heterocycles. The van der Waals surface area contributed by atoms with E-state index in [0.717, 1.165) is 11.1 Å². The number of hydrogen-bond donors (Lipinski definition) is 10. The molecule has 0 spiro atoms. The molecule has 11 rings (SSSR count). The summed E-state index contributed by atoms with van der Waals surface area (Å²) in [5.74, 6) is -8.97. The molecule has 0 unspecified atom stereocenters. The van der Waals surface area contributed by atoms with Crippen molar-refractivity contribution in [2.75, 3.05) is 46.4 Å². The van der Waals surface area contributed by atoms with Gasteiger partial charge in [0.05, 0.1) is 25.4 Å². The minimum atomic E-state index is -1.81. The number of ether oxygens (including phenoxy) is 2. The number of hydrogen-bond acceptors (Lipinski definition) is 15. The number of aliphatic hydroxyl groups excluding tert-OH is 1. The number of carboxylic acid groups (broad SMARTS) is 1. The van der Waals surface area contributed by atoms with Crippen molar-refractivity contribution >= 4 is 82.2 Å². The molecule has 104 heavy (non-hydrogen) atoms. The molecule has 5 aromatic rings. The summed E-state index contributed by atoms with van der Waals surface area (Å²) >= 11 is 0. The van der Waals surface area contributed by atoms with Gasteiger partial charge in [-0.25, -0.2) is 4.39 Å². The number of Topliss-reactive ketones (excluding diaryl/α,β-unsaturated/α-hetero) is 1. The lowest BCUT2D eigenvalue weighted by atomic mass is 9.88. The Morgan fingerprint density at radius 2 is 1.42 bits per heavy atom. The molecule has 2 fully saturated rings. The summed E-state index contributed by atoms with van der Waals surface area (Å²) in [6.45, 7) is 4.39. The number of ketones is 1. The number of nitrogens with zero attached hydrogens (tertiary/aromatic N) is 4. The van der Waals surface area contributed by atoms with Crippen molar-refractivity contribution in [3.05, 3.63) is 136 Å². The summed E-state index contributed by atoms with van der Waals surface area (Å²) in [4.78, 5) is 175. The maximum atomic E-state index is 16.1. The Labute approximate surface area is 602 Å². The Balaban J connectivity index is 0.00000411. The molecular weight excluding hydrogens is 1340 g/mol. The van der Waals surface area contributed by atoms with E-state index in [1.54, 1.807) is 66.4 Å². The third-order valence-electron chi connectivity index (χ3n) is 20.1. The van der Waals surface area contributed by atoms with Crippen LogP contribution in [-0.2, 0) is 108 Å². The van der Waals surface area contributed by atoms with Gasteiger partial charge in [-0.1, -0.05) is 73.5 Å². The topological polar surface area (TPSA) is 390 Å². The van der Waals surface area contributed by atoms with Gasteiger partial charge in [0.25, 0.3) is 6.47 Å². The lowest BCUT2D eigenvalue weighted by Gasteiger charge is -2.37. The number of benzene rings is 4. The van der Waals surface area contributed by atoms with Crippen LogP contribution in [0.2, 0.25) is 0 Å². The highest BCUT2D eigenvalue weighted by Crippen LogP contribution is 2.34. The number of halogens is 1. The van der Waals surface area contributed by atoms with Gasteiger partial charge in [0.1, 0.15) is 54.4 Å². The van der Waals surface area contributed by atoms with E-state index in [2.05, 4.69) is 43.0 Å². The van der Waals surface area contributed by atoms with Crippen molar-refractivity contribution < 1.29 is 87.3 Å². The van der Waals surface area contributed by atoms with Gasteiger partial charge in [0.2, 0.25) is 59.1 Å². The van der Waals surface area contributed by atoms with Gasteiger partial charge >= 0.3 is 0 Å². The van der Waals surface area contributed by atoms with E-state index in [1.165, 1.54) is 42.9 Å². The van der Waals surface area contributed by atoms with E-state index in [4.69, 9.17) is 19.4 Å². The molecule has 0 saturated carbocycles. The minimum Gasteiger partial charge on any atom is -0.497 e. The summed E-state index contributed by atoms with van der Waals surface area (Å²) in [6.07, 6.45) is 1.08. The van der Waals surface area contributed by atoms with Gasteiger partial charge in [-0.05, 0) is 136 Å². The highest BCUT2D eigenvalue weighted by molar-refractivity contribution is 6.00. The largest absolute Gasteiger partial charge is 0.497 e. The molecule has 0 aliphatic carbocycles. The maximum Gasteiger partial charge on any atom is 0.290 e. The molecular formula is C75H96FN12O16+. The van der Waals surface area contributed by atoms with Crippen molar-refractivity contribution in [3.63, 3.8) is 0 Å². The van der Waals surface area contributed by atoms with Crippen molar-refractivity contribution in [3.8, 4) is 5.75 Å². The normalized spacial score (nSPS) is 25.6. The highest BCUT2D eigenvalue weighted by Gasteiger charge is 2.50. The molecule has 29 heteroatoms. The van der Waals surface area contributed by atoms with E-state index < -0.39 is 138 Å². The van der Waals surface area contributed by atoms with Crippen molar-refractivity contribution in [2.24, 2.45) is 5.92 Å². The third kappa shape index (κ3) is 20.0. The number of fused-ring (bicyclic) bond motifs is 16. The number of amides is 10. The van der Waals surface area contributed by atoms with Crippen LogP contribution >= 0.6 is 0 Å². The molecule has 2 saturated heterocycles. The first-order chi connectivity index (χ1) is 49.9. The van der Waals surface area contributed by atoms with Gasteiger partial charge in [-0.15, -0.1) is 0 Å². The summed E-state index contributed by atoms with van der Waals surface area (Å²) < 4.78 is 29.3. The standard InChI is InChI=1S/C74H93FN12O14.CH2O2/c1-44-67(93)82-58(39-76)68(94)80-56-35-49-11-9-12-50(33-49)40-78-63(91)43-101-61-26-32-86-66(61)70(96)83-65(45(2)88)69(95)81-57(34-47-17-20-54(100-4)21-18-47)72(98)87-31-10-27-74(87,3)73(99)77-28-25-46-13-15-48(16-14-46)41-85(64(92)24-23-62(90)79-44)30-8-6-5-7-29-84-42-52(36-51(71(86)97)37-60(56)89)55-38-53(75)19-22-59(55)84;2-1-3/h9,11-22,33,38,42,44-45,51,56-58,61,65-66,88H,5-8,10,23-32,34-37,39-41,43,76H2,1-4H3,(H,77,99)(H,78,91)(H,79,90)(H,80,94)(H,81,95)(H,82,93)(H,83,96);1H,(H,2,3)/p+1/t44-,45+,51+,56-,57-,58+,61-,65-,66-,74-;/m0./s1. The van der Waals surface area contributed by atoms with Crippen LogP contribution in [0.4, 0.5) is 4.39 Å². The number of nitrogens with one attached hydrogen (secondary N) is 7. The zero-order valence-electron chi connectivity index (χ0n) is 59.3. The molecule has 10 amide bonds. The van der Waals surface area contributed by atoms with E-state index >= 15 is 28.4 Å². The number of aryl methyl sites for hydroxylation is 1. The van der Waals surface area contributed by atoms with E-state index in [1.807, 2.05) is 35.0 Å². The van der Waals surface area contributed by atoms with Crippen LogP contribution in [-0.4, -0.2) is 201 Å². The second kappa shape index (κ2) is 36.3. The van der Waals surface area contributed by atoms with Gasteiger partial charge in [-0.2, -0.15) is 0 Å². The van der Waals surface area contributed by atoms with Crippen molar-refractivity contribution in [2.45, 2.75) is 184 Å².